The first-order valence-electron chi connectivity index (χ1n) is 18.4. The first kappa shape index (κ1) is 47.5. The van der Waals surface area contributed by atoms with E-state index in [1.165, 1.54) is 49.5 Å². The Morgan fingerprint density at radius 2 is 1.23 bits per heavy atom. The second kappa shape index (κ2) is 15.9. The molecule has 340 valence electrons. The number of carbonyl (C=O) groups is 2. The SMILES string of the molecule is CC=C1C=Cc2c(cc(S(=O)(=O)O)cc2S(=O)(=O)O)/C1=N/N(C)c1cc(OC(=O)C(C)(C)C)c(-n2nc3ccc4c(S(=O)(=O)O)cc(S(=O)(=O)O)cc4c3n2)cc1OC(=O)C(C)(C)C. The van der Waals surface area contributed by atoms with Crippen molar-refractivity contribution in [3.8, 4) is 17.2 Å². The molecular formula is C39H39N5O16S4. The van der Waals surface area contributed by atoms with Gasteiger partial charge in [0.1, 0.15) is 32.2 Å². The third-order valence-corrected chi connectivity index (χ3v) is 12.9. The summed E-state index contributed by atoms with van der Waals surface area (Å²) in [5.74, 6) is -2.19. The van der Waals surface area contributed by atoms with Gasteiger partial charge in [0.05, 0.1) is 26.3 Å². The lowest BCUT2D eigenvalue weighted by Gasteiger charge is -2.25. The van der Waals surface area contributed by atoms with Gasteiger partial charge in [-0.1, -0.05) is 24.3 Å². The molecule has 1 aliphatic rings. The van der Waals surface area contributed by atoms with Gasteiger partial charge in [-0.05, 0) is 84.4 Å². The first-order valence-corrected chi connectivity index (χ1v) is 24.2. The van der Waals surface area contributed by atoms with E-state index in [4.69, 9.17) is 9.47 Å². The number of rotatable bonds is 9. The monoisotopic (exact) mass is 961 g/mol. The van der Waals surface area contributed by atoms with Crippen LogP contribution in [0.4, 0.5) is 5.69 Å². The van der Waals surface area contributed by atoms with Gasteiger partial charge in [0, 0.05) is 41.1 Å². The molecule has 1 heterocycles. The maximum atomic E-state index is 13.6. The fraction of sp³-hybridized carbons (Fsp3) is 0.256. The molecule has 1 aromatic heterocycles. The number of hydrogen-bond acceptors (Lipinski definition) is 16. The van der Waals surface area contributed by atoms with Gasteiger partial charge < -0.3 is 9.47 Å². The van der Waals surface area contributed by atoms with Crippen LogP contribution < -0.4 is 14.5 Å². The molecule has 0 spiro atoms. The number of hydrogen-bond donors (Lipinski definition) is 4. The number of nitrogens with zero attached hydrogens (tertiary/aromatic N) is 5. The molecule has 21 nitrogen and oxygen atoms in total. The third kappa shape index (κ3) is 9.46. The number of carbonyl (C=O) groups excluding carboxylic acids is 2. The normalized spacial score (nSPS) is 15.2. The van der Waals surface area contributed by atoms with E-state index in [2.05, 4.69) is 15.3 Å². The molecule has 4 N–H and O–H groups in total. The minimum Gasteiger partial charge on any atom is -0.424 e. The molecule has 25 heteroatoms. The summed E-state index contributed by atoms with van der Waals surface area (Å²) in [5, 5.41) is 14.2. The molecular weight excluding hydrogens is 923 g/mol. The van der Waals surface area contributed by atoms with Crippen molar-refractivity contribution in [2.24, 2.45) is 15.9 Å². The van der Waals surface area contributed by atoms with Crippen molar-refractivity contribution in [3.05, 3.63) is 77.4 Å². The Hall–Kier alpha value is -5.93. The van der Waals surface area contributed by atoms with E-state index < -0.39 is 82.8 Å². The van der Waals surface area contributed by atoms with Crippen LogP contribution >= 0.6 is 0 Å². The summed E-state index contributed by atoms with van der Waals surface area (Å²) < 4.78 is 151. The maximum absolute atomic E-state index is 13.6. The van der Waals surface area contributed by atoms with Gasteiger partial charge in [0.25, 0.3) is 40.5 Å². The van der Waals surface area contributed by atoms with Crippen LogP contribution in [0.15, 0.2) is 90.9 Å². The molecule has 0 unspecified atom stereocenters. The number of benzene rings is 4. The second-order valence-corrected chi connectivity index (χ2v) is 22.0. The summed E-state index contributed by atoms with van der Waals surface area (Å²) in [6, 6.07) is 7.87. The van der Waals surface area contributed by atoms with Crippen molar-refractivity contribution in [2.45, 2.75) is 68.0 Å². The molecule has 0 fully saturated rings. The summed E-state index contributed by atoms with van der Waals surface area (Å²) >= 11 is 0. The van der Waals surface area contributed by atoms with E-state index >= 15 is 0 Å². The third-order valence-electron chi connectivity index (χ3n) is 9.44. The van der Waals surface area contributed by atoms with Crippen molar-refractivity contribution >= 4 is 91.7 Å². The molecule has 5 aromatic rings. The van der Waals surface area contributed by atoms with Gasteiger partial charge in [-0.15, -0.1) is 15.0 Å². The molecule has 64 heavy (non-hydrogen) atoms. The number of allylic oxidation sites excluding steroid dienone is 3. The largest absolute Gasteiger partial charge is 0.424 e. The second-order valence-electron chi connectivity index (χ2n) is 16.3. The van der Waals surface area contributed by atoms with Crippen LogP contribution in [-0.4, -0.2) is 91.6 Å². The number of aromatic nitrogens is 3. The molecule has 6 rings (SSSR count). The summed E-state index contributed by atoms with van der Waals surface area (Å²) in [6.07, 6.45) is 4.25. The fourth-order valence-electron chi connectivity index (χ4n) is 6.13. The highest BCUT2D eigenvalue weighted by atomic mass is 32.2. The average Bonchev–Trinajstić information content (AvgIpc) is 3.60. The number of ether oxygens (including phenoxy) is 2. The summed E-state index contributed by atoms with van der Waals surface area (Å²) in [5.41, 5.74) is -2.97. The molecule has 4 aromatic carbocycles. The van der Waals surface area contributed by atoms with Crippen LogP contribution in [0.1, 0.15) is 59.6 Å². The lowest BCUT2D eigenvalue weighted by molar-refractivity contribution is -0.144. The summed E-state index contributed by atoms with van der Waals surface area (Å²) in [7, 11) is -19.0. The zero-order valence-corrected chi connectivity index (χ0v) is 38.2. The maximum Gasteiger partial charge on any atom is 0.316 e. The number of hydrazone groups is 1. The zero-order chi connectivity index (χ0) is 47.9. The van der Waals surface area contributed by atoms with Crippen molar-refractivity contribution in [1.82, 2.24) is 15.0 Å². The van der Waals surface area contributed by atoms with Gasteiger partial charge in [-0.2, -0.15) is 38.8 Å². The standard InChI is InChI=1S/C39H39N5O16S4/c1-9-20-10-11-23-25(14-21(61(47,48)49)16-32(23)63(53,54)55)34(20)41-43(8)28-18-31(60-37(46)39(5,6)7)29(19-30(28)59-36(45)38(2,3)4)44-40-27-13-12-24-26(35(27)42-44)15-22(62(50,51)52)17-33(24)64(56,57)58/h9-19H,1-8H3,(H,47,48,49)(H,50,51,52)(H,53,54,55)(H,56,57,58)/b20-9?,41-34+. The quantitative estimate of drug-likeness (QED) is 0.0632. The van der Waals surface area contributed by atoms with E-state index in [9.17, 15) is 61.5 Å². The van der Waals surface area contributed by atoms with Crippen molar-refractivity contribution < 1.29 is 70.9 Å². The topological polar surface area (TPSA) is 316 Å². The number of fused-ring (bicyclic) bond motifs is 4. The van der Waals surface area contributed by atoms with E-state index in [1.54, 1.807) is 48.5 Å². The Morgan fingerprint density at radius 3 is 1.77 bits per heavy atom. The highest BCUT2D eigenvalue weighted by molar-refractivity contribution is 7.87. The molecule has 1 aliphatic carbocycles. The predicted molar refractivity (Wildman–Crippen MR) is 230 cm³/mol. The molecule has 0 bridgehead atoms. The van der Waals surface area contributed by atoms with Gasteiger partial charge in [0.15, 0.2) is 11.5 Å². The average molecular weight is 962 g/mol. The van der Waals surface area contributed by atoms with Crippen LogP contribution in [-0.2, 0) is 50.1 Å². The molecule has 0 amide bonds. The Bertz CT molecular complexity index is 3420. The van der Waals surface area contributed by atoms with Crippen molar-refractivity contribution in [1.29, 1.82) is 0 Å². The minimum absolute atomic E-state index is 0.00775. The first-order chi connectivity index (χ1) is 29.2. The van der Waals surface area contributed by atoms with E-state index in [0.717, 1.165) is 21.9 Å². The van der Waals surface area contributed by atoms with E-state index in [0.29, 0.717) is 12.1 Å². The van der Waals surface area contributed by atoms with E-state index in [-0.39, 0.29) is 67.1 Å². The van der Waals surface area contributed by atoms with Crippen LogP contribution in [0.3, 0.4) is 0 Å². The molecule has 0 radical (unpaired) electrons. The van der Waals surface area contributed by atoms with Crippen LogP contribution in [0.2, 0.25) is 0 Å². The highest BCUT2D eigenvalue weighted by Gasteiger charge is 2.32. The summed E-state index contributed by atoms with van der Waals surface area (Å²) in [6.45, 7) is 10.9. The Balaban J connectivity index is 1.68. The minimum atomic E-state index is -5.10. The number of esters is 2. The summed E-state index contributed by atoms with van der Waals surface area (Å²) in [4.78, 5) is 24.5. The molecule has 0 saturated carbocycles. The van der Waals surface area contributed by atoms with Gasteiger partial charge >= 0.3 is 11.9 Å². The van der Waals surface area contributed by atoms with Crippen molar-refractivity contribution in [3.63, 3.8) is 0 Å². The molecule has 0 saturated heterocycles. The zero-order valence-electron chi connectivity index (χ0n) is 34.9. The van der Waals surface area contributed by atoms with Crippen LogP contribution in [0, 0.1) is 10.8 Å². The highest BCUT2D eigenvalue weighted by Crippen LogP contribution is 2.41. The smallest absolute Gasteiger partial charge is 0.316 e. The van der Waals surface area contributed by atoms with Gasteiger partial charge in [0.2, 0.25) is 0 Å². The van der Waals surface area contributed by atoms with Crippen LogP contribution in [0.25, 0.3) is 33.6 Å². The Labute approximate surface area is 366 Å². The molecule has 0 aliphatic heterocycles. The lowest BCUT2D eigenvalue weighted by atomic mass is 9.91. The van der Waals surface area contributed by atoms with Gasteiger partial charge in [-0.25, -0.2) is 0 Å². The Morgan fingerprint density at radius 1 is 0.688 bits per heavy atom. The fourth-order valence-corrected chi connectivity index (χ4v) is 8.81. The van der Waals surface area contributed by atoms with E-state index in [1.807, 2.05) is 0 Å². The lowest BCUT2D eigenvalue weighted by Crippen LogP contribution is -2.28. The van der Waals surface area contributed by atoms with Crippen LogP contribution in [0.5, 0.6) is 11.5 Å². The predicted octanol–water partition coefficient (Wildman–Crippen LogP) is 5.28. The van der Waals surface area contributed by atoms with Gasteiger partial charge in [-0.3, -0.25) is 32.8 Å². The molecule has 0 atom stereocenters. The number of anilines is 1. The Kier molecular flexibility index (Phi) is 11.8. The van der Waals surface area contributed by atoms with Crippen molar-refractivity contribution in [2.75, 3.05) is 12.1 Å².